The van der Waals surface area contributed by atoms with E-state index in [9.17, 15) is 0 Å². The topological polar surface area (TPSA) is 37.0 Å². The van der Waals surface area contributed by atoms with Crippen molar-refractivity contribution in [2.24, 2.45) is 0 Å². The molecule has 0 radical (unpaired) electrons. The van der Waals surface area contributed by atoms with Crippen LogP contribution >= 0.6 is 15.9 Å². The first kappa shape index (κ1) is 29.5. The first-order valence-corrected chi connectivity index (χ1v) is 14.5. The van der Waals surface area contributed by atoms with Gasteiger partial charge in [0, 0.05) is 44.4 Å². The molecule has 0 saturated carbocycles. The molecule has 0 fully saturated rings. The second-order valence-corrected chi connectivity index (χ2v) is 11.1. The average Bonchev–Trinajstić information content (AvgIpc) is 3.55. The van der Waals surface area contributed by atoms with Gasteiger partial charge in [-0.2, -0.15) is 0 Å². The molecular weight excluding hydrogens is 600 g/mol. The summed E-state index contributed by atoms with van der Waals surface area (Å²) in [7, 11) is 3.38. The third kappa shape index (κ3) is 6.14. The number of hydrogen-bond acceptors (Lipinski definition) is 2. The highest BCUT2D eigenvalue weighted by molar-refractivity contribution is 9.10. The number of para-hydroxylation sites is 2. The van der Waals surface area contributed by atoms with E-state index in [4.69, 9.17) is 22.6 Å². The molecule has 0 aliphatic carbocycles. The normalized spacial score (nSPS) is 10.6. The Morgan fingerprint density at radius 2 is 1.23 bits per heavy atom. The summed E-state index contributed by atoms with van der Waals surface area (Å²) in [6, 6.07) is 26.2. The van der Waals surface area contributed by atoms with E-state index in [0.717, 1.165) is 78.8 Å². The fraction of sp³-hybridized carbons (Fsp3) is 0.167. The molecule has 0 saturated heterocycles. The lowest BCUT2D eigenvalue weighted by Gasteiger charge is -2.10. The Bertz CT molecular complexity index is 2020. The second kappa shape index (κ2) is 12.9. The number of halogens is 1. The van der Waals surface area contributed by atoms with Crippen LogP contribution in [0.1, 0.15) is 22.3 Å². The van der Waals surface area contributed by atoms with Crippen molar-refractivity contribution in [2.45, 2.75) is 26.9 Å². The summed E-state index contributed by atoms with van der Waals surface area (Å²) in [5.41, 5.74) is 7.95. The first-order valence-electron chi connectivity index (χ1n) is 13.7. The molecule has 2 aromatic heterocycles. The molecule has 6 aromatic rings. The summed E-state index contributed by atoms with van der Waals surface area (Å²) < 4.78 is 16.2. The molecule has 0 amide bonds. The number of ether oxygens (including phenoxy) is 2. The van der Waals surface area contributed by atoms with Crippen LogP contribution in [0.15, 0.2) is 95.7 Å². The average molecular weight is 632 g/mol. The number of aromatic nitrogens is 2. The van der Waals surface area contributed by atoms with Gasteiger partial charge in [0.1, 0.15) is 11.5 Å². The number of aryl methyl sites for hydroxylation is 2. The fourth-order valence-electron chi connectivity index (χ4n) is 5.26. The van der Waals surface area contributed by atoms with Crippen LogP contribution < -0.4 is 9.47 Å². The molecular formula is C36H31BrN4O2. The molecule has 2 heterocycles. The smallest absolute Gasteiger partial charge is 0.190 e. The summed E-state index contributed by atoms with van der Waals surface area (Å²) in [6.45, 7) is 19.9. The number of fused-ring (bicyclic) bond motifs is 2. The third-order valence-corrected chi connectivity index (χ3v) is 8.18. The van der Waals surface area contributed by atoms with Crippen LogP contribution in [-0.2, 0) is 13.1 Å². The molecule has 4 aromatic carbocycles. The predicted octanol–water partition coefficient (Wildman–Crippen LogP) is 9.88. The van der Waals surface area contributed by atoms with E-state index >= 15 is 0 Å². The molecule has 6 nitrogen and oxygen atoms in total. The van der Waals surface area contributed by atoms with Crippen LogP contribution in [0.3, 0.4) is 0 Å². The van der Waals surface area contributed by atoms with Gasteiger partial charge in [-0.05, 0) is 88.8 Å². The van der Waals surface area contributed by atoms with Crippen molar-refractivity contribution in [3.05, 3.63) is 141 Å². The van der Waals surface area contributed by atoms with Crippen molar-refractivity contribution >= 4 is 49.1 Å². The Hall–Kier alpha value is -4.98. The molecule has 43 heavy (non-hydrogen) atoms. The predicted molar refractivity (Wildman–Crippen MR) is 178 cm³/mol. The maximum atomic E-state index is 7.26. The number of methoxy groups -OCH3 is 2. The summed E-state index contributed by atoms with van der Waals surface area (Å²) in [5, 5.41) is 2.16. The molecule has 0 unspecified atom stereocenters. The Morgan fingerprint density at radius 1 is 0.698 bits per heavy atom. The Balaban J connectivity index is 0.000000171. The van der Waals surface area contributed by atoms with E-state index in [1.54, 1.807) is 14.2 Å². The van der Waals surface area contributed by atoms with E-state index in [0.29, 0.717) is 5.69 Å². The van der Waals surface area contributed by atoms with Crippen LogP contribution in [-0.4, -0.2) is 23.4 Å². The van der Waals surface area contributed by atoms with E-state index in [2.05, 4.69) is 77.5 Å². The van der Waals surface area contributed by atoms with Crippen LogP contribution in [0.25, 0.3) is 31.5 Å². The van der Waals surface area contributed by atoms with Gasteiger partial charge < -0.3 is 18.6 Å². The SMILES string of the molecule is [C-]#[N+]c1cc2c(Br)cn(Cc3ccccc3OC)c2cc1C.[C-]#[N+]c1cc2ccn(Cc3ccccc3OC)c2cc1C. The minimum absolute atomic E-state index is 0.697. The highest BCUT2D eigenvalue weighted by Crippen LogP contribution is 2.34. The molecule has 7 heteroatoms. The highest BCUT2D eigenvalue weighted by atomic mass is 79.9. The lowest BCUT2D eigenvalue weighted by atomic mass is 10.1. The zero-order valence-electron chi connectivity index (χ0n) is 24.6. The van der Waals surface area contributed by atoms with E-state index in [1.807, 2.05) is 62.4 Å². The number of benzene rings is 4. The van der Waals surface area contributed by atoms with Gasteiger partial charge in [0.25, 0.3) is 0 Å². The van der Waals surface area contributed by atoms with Crippen molar-refractivity contribution in [3.63, 3.8) is 0 Å². The van der Waals surface area contributed by atoms with E-state index in [-0.39, 0.29) is 0 Å². The molecule has 0 aliphatic heterocycles. The van der Waals surface area contributed by atoms with Gasteiger partial charge in [0.2, 0.25) is 0 Å². The van der Waals surface area contributed by atoms with Gasteiger partial charge in [0.15, 0.2) is 11.4 Å². The van der Waals surface area contributed by atoms with Crippen LogP contribution in [0.5, 0.6) is 11.5 Å². The lowest BCUT2D eigenvalue weighted by molar-refractivity contribution is 0.408. The summed E-state index contributed by atoms with van der Waals surface area (Å²) in [6.07, 6.45) is 4.12. The molecule has 0 atom stereocenters. The largest absolute Gasteiger partial charge is 0.496 e. The Kier molecular flexibility index (Phi) is 8.85. The van der Waals surface area contributed by atoms with Crippen LogP contribution in [0.4, 0.5) is 11.4 Å². The minimum atomic E-state index is 0.697. The first-order chi connectivity index (χ1) is 20.9. The fourth-order valence-corrected chi connectivity index (χ4v) is 5.82. The van der Waals surface area contributed by atoms with Crippen molar-refractivity contribution < 1.29 is 9.47 Å². The monoisotopic (exact) mass is 630 g/mol. The van der Waals surface area contributed by atoms with E-state index in [1.165, 1.54) is 0 Å². The Morgan fingerprint density at radius 3 is 1.81 bits per heavy atom. The summed E-state index contributed by atoms with van der Waals surface area (Å²) in [4.78, 5) is 7.14. The zero-order chi connectivity index (χ0) is 30.5. The number of hydrogen-bond donors (Lipinski definition) is 0. The number of rotatable bonds is 6. The van der Waals surface area contributed by atoms with Crippen molar-refractivity contribution in [3.8, 4) is 11.5 Å². The zero-order valence-corrected chi connectivity index (χ0v) is 26.1. The molecule has 0 N–H and O–H groups in total. The highest BCUT2D eigenvalue weighted by Gasteiger charge is 2.12. The van der Waals surface area contributed by atoms with Gasteiger partial charge in [-0.15, -0.1) is 0 Å². The lowest BCUT2D eigenvalue weighted by Crippen LogP contribution is -2.00. The summed E-state index contributed by atoms with van der Waals surface area (Å²) >= 11 is 3.60. The van der Waals surface area contributed by atoms with Crippen molar-refractivity contribution in [1.82, 2.24) is 9.13 Å². The third-order valence-electron chi connectivity index (χ3n) is 7.55. The standard InChI is InChI=1S/C18H15BrN2O.C18H16N2O/c1-12-8-17-14(9-16(12)20-2)15(19)11-21(17)10-13-6-4-5-7-18(13)22-3;1-13-10-17-14(11-16(13)19-2)8-9-20(17)12-15-6-4-5-7-18(15)21-3/h4-9,11H,10H2,1,3H3;4-11H,12H2,1,3H3. The quantitative estimate of drug-likeness (QED) is 0.172. The van der Waals surface area contributed by atoms with Crippen molar-refractivity contribution in [1.29, 1.82) is 0 Å². The van der Waals surface area contributed by atoms with Gasteiger partial charge >= 0.3 is 0 Å². The molecule has 6 rings (SSSR count). The van der Waals surface area contributed by atoms with Gasteiger partial charge in [0.05, 0.1) is 40.5 Å². The van der Waals surface area contributed by atoms with Crippen molar-refractivity contribution in [2.75, 3.05) is 14.2 Å². The van der Waals surface area contributed by atoms with E-state index < -0.39 is 0 Å². The maximum Gasteiger partial charge on any atom is 0.190 e. The molecule has 0 spiro atoms. The summed E-state index contributed by atoms with van der Waals surface area (Å²) in [5.74, 6) is 1.78. The number of nitrogens with zero attached hydrogens (tertiary/aromatic N) is 4. The second-order valence-electron chi connectivity index (χ2n) is 10.2. The molecule has 0 aliphatic rings. The molecule has 0 bridgehead atoms. The Labute approximate surface area is 260 Å². The van der Waals surface area contributed by atoms with Gasteiger partial charge in [-0.3, -0.25) is 0 Å². The van der Waals surface area contributed by atoms with Gasteiger partial charge in [-0.1, -0.05) is 36.4 Å². The van der Waals surface area contributed by atoms with Crippen LogP contribution in [0.2, 0.25) is 0 Å². The van der Waals surface area contributed by atoms with Gasteiger partial charge in [-0.25, -0.2) is 9.69 Å². The maximum absolute atomic E-state index is 7.26. The minimum Gasteiger partial charge on any atom is -0.496 e. The molecule has 214 valence electrons. The van der Waals surface area contributed by atoms with Crippen LogP contribution in [0, 0.1) is 27.0 Å².